The van der Waals surface area contributed by atoms with E-state index in [-0.39, 0.29) is 50.5 Å². The number of carbonyl (C=O) groups is 3. The number of fused-ring (bicyclic) bond motifs is 2. The highest BCUT2D eigenvalue weighted by Gasteiger charge is 2.69. The summed E-state index contributed by atoms with van der Waals surface area (Å²) >= 11 is 12.6. The summed E-state index contributed by atoms with van der Waals surface area (Å²) < 4.78 is 72.6. The molecule has 1 saturated heterocycles. The molecule has 1 saturated carbocycles. The van der Waals surface area contributed by atoms with E-state index in [2.05, 4.69) is 16.0 Å². The highest BCUT2D eigenvalue weighted by molar-refractivity contribution is 6.31. The molecule has 3 aliphatic rings. The monoisotopic (exact) mass is 749 g/mol. The lowest BCUT2D eigenvalue weighted by Crippen LogP contribution is -2.53. The minimum atomic E-state index is -4.67. The number of anilines is 2. The van der Waals surface area contributed by atoms with Crippen LogP contribution in [0.25, 0.3) is 0 Å². The van der Waals surface area contributed by atoms with Crippen LogP contribution in [0.1, 0.15) is 73.4 Å². The molecule has 0 bridgehead atoms. The fraction of sp³-hybridized carbons (Fsp3) is 0.432. The van der Waals surface area contributed by atoms with E-state index in [1.807, 2.05) is 0 Å². The van der Waals surface area contributed by atoms with Crippen molar-refractivity contribution in [3.63, 3.8) is 0 Å². The Hall–Kier alpha value is -3.87. The third kappa shape index (κ3) is 6.23. The number of benzene rings is 3. The van der Waals surface area contributed by atoms with Crippen LogP contribution in [0.2, 0.25) is 10.0 Å². The summed E-state index contributed by atoms with van der Waals surface area (Å²) in [4.78, 5) is 41.5. The van der Waals surface area contributed by atoms with Gasteiger partial charge in [0.2, 0.25) is 11.8 Å². The van der Waals surface area contributed by atoms with Crippen molar-refractivity contribution in [2.75, 3.05) is 24.4 Å². The molecule has 2 aliphatic heterocycles. The zero-order valence-electron chi connectivity index (χ0n) is 28.1. The average molecular weight is 751 g/mol. The van der Waals surface area contributed by atoms with Crippen LogP contribution in [-0.4, -0.2) is 49.8 Å². The number of carbonyl (C=O) groups excluding carboxylic acids is 3. The third-order valence-electron chi connectivity index (χ3n) is 10.9. The number of ether oxygens (including phenoxy) is 2. The number of rotatable bonds is 9. The van der Waals surface area contributed by atoms with Crippen molar-refractivity contribution in [2.24, 2.45) is 11.3 Å². The van der Waals surface area contributed by atoms with Crippen LogP contribution in [0, 0.1) is 17.2 Å². The predicted molar refractivity (Wildman–Crippen MR) is 185 cm³/mol. The number of methoxy groups -OCH3 is 1. The first-order valence-corrected chi connectivity index (χ1v) is 17.5. The summed E-state index contributed by atoms with van der Waals surface area (Å²) in [5.74, 6) is -5.06. The van der Waals surface area contributed by atoms with Gasteiger partial charge >= 0.3 is 12.1 Å². The molecule has 1 aliphatic carbocycles. The van der Waals surface area contributed by atoms with Crippen molar-refractivity contribution >= 4 is 52.4 Å². The van der Waals surface area contributed by atoms with E-state index in [4.69, 9.17) is 32.7 Å². The second-order valence-electron chi connectivity index (χ2n) is 13.6. The number of nitrogens with one attached hydrogen (secondary N) is 3. The molecule has 3 aromatic rings. The van der Waals surface area contributed by atoms with Gasteiger partial charge in [-0.15, -0.1) is 0 Å². The molecule has 2 fully saturated rings. The van der Waals surface area contributed by atoms with Gasteiger partial charge in [0.25, 0.3) is 0 Å². The van der Waals surface area contributed by atoms with Gasteiger partial charge in [-0.05, 0) is 79.6 Å². The molecule has 2 heterocycles. The molecule has 8 nitrogen and oxygen atoms in total. The summed E-state index contributed by atoms with van der Waals surface area (Å²) in [6, 6.07) is 10.1. The van der Waals surface area contributed by atoms with Gasteiger partial charge in [0, 0.05) is 22.7 Å². The van der Waals surface area contributed by atoms with Crippen LogP contribution in [0.3, 0.4) is 0 Å². The van der Waals surface area contributed by atoms with Gasteiger partial charge < -0.3 is 25.4 Å². The zero-order valence-corrected chi connectivity index (χ0v) is 29.6. The Morgan fingerprint density at radius 2 is 1.78 bits per heavy atom. The first kappa shape index (κ1) is 36.9. The molecule has 6 rings (SSSR count). The van der Waals surface area contributed by atoms with Crippen LogP contribution < -0.4 is 20.7 Å². The minimum Gasteiger partial charge on any atom is -0.495 e. The lowest BCUT2D eigenvalue weighted by Gasteiger charge is -2.43. The fourth-order valence-corrected chi connectivity index (χ4v) is 8.74. The van der Waals surface area contributed by atoms with E-state index in [1.54, 1.807) is 6.92 Å². The van der Waals surface area contributed by atoms with Gasteiger partial charge in [-0.2, -0.15) is 13.2 Å². The third-order valence-corrected chi connectivity index (χ3v) is 11.4. The van der Waals surface area contributed by atoms with Gasteiger partial charge in [0.05, 0.1) is 41.4 Å². The van der Waals surface area contributed by atoms with Crippen LogP contribution >= 0.6 is 23.2 Å². The van der Waals surface area contributed by atoms with Gasteiger partial charge in [0.1, 0.15) is 17.0 Å². The van der Waals surface area contributed by atoms with Gasteiger partial charge in [-0.1, -0.05) is 61.2 Å². The molecule has 1 unspecified atom stereocenters. The summed E-state index contributed by atoms with van der Waals surface area (Å²) in [6.45, 7) is 2.96. The number of amides is 2. The van der Waals surface area contributed by atoms with Crippen molar-refractivity contribution in [3.8, 4) is 5.75 Å². The summed E-state index contributed by atoms with van der Waals surface area (Å²) in [6.07, 6.45) is -3.28. The second kappa shape index (κ2) is 13.9. The van der Waals surface area contributed by atoms with Crippen LogP contribution in [0.4, 0.5) is 28.9 Å². The highest BCUT2D eigenvalue weighted by Crippen LogP contribution is 2.61. The molecule has 0 aromatic heterocycles. The summed E-state index contributed by atoms with van der Waals surface area (Å²) in [5, 5.41) is 8.64. The summed E-state index contributed by atoms with van der Waals surface area (Å²) in [7, 11) is 1.33. The number of hydrogen-bond donors (Lipinski definition) is 3. The van der Waals surface area contributed by atoms with Gasteiger partial charge in [0.15, 0.2) is 0 Å². The molecule has 272 valence electrons. The van der Waals surface area contributed by atoms with Gasteiger partial charge in [-0.25, -0.2) is 9.18 Å². The predicted octanol–water partition coefficient (Wildman–Crippen LogP) is 8.42. The maximum absolute atomic E-state index is 16.2. The molecule has 3 aromatic carbocycles. The van der Waals surface area contributed by atoms with E-state index in [1.165, 1.54) is 68.6 Å². The van der Waals surface area contributed by atoms with E-state index in [0.29, 0.717) is 25.7 Å². The molecule has 3 N–H and O–H groups in total. The molecule has 5 atom stereocenters. The smallest absolute Gasteiger partial charge is 0.394 e. The van der Waals surface area contributed by atoms with Crippen molar-refractivity contribution in [3.05, 3.63) is 87.2 Å². The highest BCUT2D eigenvalue weighted by atomic mass is 35.5. The van der Waals surface area contributed by atoms with E-state index < -0.39 is 70.9 Å². The summed E-state index contributed by atoms with van der Waals surface area (Å²) in [5.41, 5.74) is -3.52. The Morgan fingerprint density at radius 1 is 1.06 bits per heavy atom. The van der Waals surface area contributed by atoms with Crippen molar-refractivity contribution < 1.29 is 41.4 Å². The topological polar surface area (TPSA) is 106 Å². The maximum atomic E-state index is 16.2. The number of alkyl halides is 3. The lowest BCUT2D eigenvalue weighted by atomic mass is 9.60. The normalized spacial score (nSPS) is 24.3. The quantitative estimate of drug-likeness (QED) is 0.150. The fourth-order valence-electron chi connectivity index (χ4n) is 8.39. The van der Waals surface area contributed by atoms with Crippen LogP contribution in [0.5, 0.6) is 5.75 Å². The van der Waals surface area contributed by atoms with E-state index >= 15 is 17.6 Å². The molecule has 2 amide bonds. The van der Waals surface area contributed by atoms with Crippen molar-refractivity contribution in [1.82, 2.24) is 5.32 Å². The van der Waals surface area contributed by atoms with Crippen molar-refractivity contribution in [2.45, 2.75) is 75.5 Å². The van der Waals surface area contributed by atoms with Crippen LogP contribution in [0.15, 0.2) is 54.6 Å². The molecule has 1 spiro atoms. The van der Waals surface area contributed by atoms with Gasteiger partial charge in [-0.3, -0.25) is 9.59 Å². The Bertz CT molecular complexity index is 1870. The zero-order chi connectivity index (χ0) is 36.9. The first-order valence-electron chi connectivity index (χ1n) is 16.7. The Balaban J connectivity index is 1.53. The minimum absolute atomic E-state index is 0.0909. The lowest BCUT2D eigenvalue weighted by molar-refractivity contribution is -0.241. The first-order chi connectivity index (χ1) is 24.2. The molecular weight excluding hydrogens is 713 g/mol. The standard InChI is InChI=1S/C37H37Cl2F4N3O5/c1-4-51-33(48)19-12-15-25(27(16-19)50-3)44-32(47)31-29(22-10-7-11-24(39)30(22)40)36(23-14-13-21(38)17-26(23)45-34(36)49)28(46-31)18-35(2,37(41,42)43)20-8-5-6-9-20/h7,10-17,20,28-29,31,46H,4-6,8-9,18H2,1-3H3,(H,44,47)(H,45,49)/t28?,29-,31+,35+,36+/m0/s1. The Labute approximate surface area is 302 Å². The molecule has 0 radical (unpaired) electrons. The molecular formula is C37H37Cl2F4N3O5. The SMILES string of the molecule is CCOC(=O)c1ccc(NC(=O)[C@@H]2NC(C[C@](C)(C3CCCC3)C(F)(F)F)[C@@]3(C(=O)Nc4cc(Cl)ccc43)[C@H]2c2cccc(Cl)c2F)c(OC)c1. The number of halogens is 6. The number of esters is 1. The Kier molecular flexibility index (Phi) is 10.1. The van der Waals surface area contributed by atoms with Crippen LogP contribution in [-0.2, 0) is 19.7 Å². The molecule has 51 heavy (non-hydrogen) atoms. The molecule has 14 heteroatoms. The average Bonchev–Trinajstić information content (AvgIpc) is 3.80. The second-order valence-corrected chi connectivity index (χ2v) is 14.4. The van der Waals surface area contributed by atoms with Crippen molar-refractivity contribution in [1.29, 1.82) is 0 Å². The Morgan fingerprint density at radius 3 is 2.45 bits per heavy atom. The van der Waals surface area contributed by atoms with E-state index in [0.717, 1.165) is 0 Å². The maximum Gasteiger partial charge on any atom is 0.394 e. The van der Waals surface area contributed by atoms with E-state index in [9.17, 15) is 14.4 Å². The number of hydrogen-bond acceptors (Lipinski definition) is 6. The largest absolute Gasteiger partial charge is 0.495 e.